The molecule has 0 spiro atoms. The molecule has 2 fully saturated rings. The lowest BCUT2D eigenvalue weighted by atomic mass is 10.0. The molecule has 0 radical (unpaired) electrons. The Bertz CT molecular complexity index is 224. The summed E-state index contributed by atoms with van der Waals surface area (Å²) in [4.78, 5) is 14.0. The summed E-state index contributed by atoms with van der Waals surface area (Å²) in [7, 11) is 0. The first kappa shape index (κ1) is 10.9. The van der Waals surface area contributed by atoms with E-state index in [0.29, 0.717) is 18.0 Å². The first-order valence-corrected chi connectivity index (χ1v) is 6.35. The quantitative estimate of drug-likeness (QED) is 0.766. The Hall–Kier alpha value is -0.570. The number of nitrogens with one attached hydrogen (secondary N) is 1. The SMILES string of the molecule is CCCC(=O)N1CCCC1C1CCCN1. The Balaban J connectivity index is 1.94. The van der Waals surface area contributed by atoms with E-state index in [1.54, 1.807) is 0 Å². The van der Waals surface area contributed by atoms with Crippen LogP contribution in [0.3, 0.4) is 0 Å². The van der Waals surface area contributed by atoms with E-state index in [2.05, 4.69) is 17.1 Å². The van der Waals surface area contributed by atoms with Crippen molar-refractivity contribution in [3.8, 4) is 0 Å². The molecule has 2 heterocycles. The summed E-state index contributed by atoms with van der Waals surface area (Å²) in [6.07, 6.45) is 6.62. The highest BCUT2D eigenvalue weighted by atomic mass is 16.2. The molecule has 3 nitrogen and oxygen atoms in total. The molecule has 15 heavy (non-hydrogen) atoms. The van der Waals surface area contributed by atoms with E-state index >= 15 is 0 Å². The van der Waals surface area contributed by atoms with Gasteiger partial charge < -0.3 is 10.2 Å². The maximum absolute atomic E-state index is 11.9. The van der Waals surface area contributed by atoms with Crippen LogP contribution in [0, 0.1) is 0 Å². The average molecular weight is 210 g/mol. The van der Waals surface area contributed by atoms with Gasteiger partial charge in [0.15, 0.2) is 0 Å². The van der Waals surface area contributed by atoms with Crippen LogP contribution in [0.15, 0.2) is 0 Å². The second-order valence-corrected chi connectivity index (χ2v) is 4.75. The molecule has 0 aromatic heterocycles. The molecule has 2 saturated heterocycles. The lowest BCUT2D eigenvalue weighted by molar-refractivity contribution is -0.132. The molecule has 0 aromatic rings. The normalized spacial score (nSPS) is 31.1. The van der Waals surface area contributed by atoms with E-state index in [0.717, 1.165) is 25.9 Å². The standard InChI is InChI=1S/C12H22N2O/c1-2-5-12(15)14-9-4-7-11(14)10-6-3-8-13-10/h10-11,13H,2-9H2,1H3. The fraction of sp³-hybridized carbons (Fsp3) is 0.917. The summed E-state index contributed by atoms with van der Waals surface area (Å²) < 4.78 is 0. The van der Waals surface area contributed by atoms with Crippen molar-refractivity contribution in [3.05, 3.63) is 0 Å². The van der Waals surface area contributed by atoms with Gasteiger partial charge in [-0.3, -0.25) is 4.79 Å². The lowest BCUT2D eigenvalue weighted by Gasteiger charge is -2.29. The van der Waals surface area contributed by atoms with E-state index in [4.69, 9.17) is 0 Å². The van der Waals surface area contributed by atoms with Crippen LogP contribution in [0.1, 0.15) is 45.4 Å². The minimum atomic E-state index is 0.369. The third kappa shape index (κ3) is 2.33. The Morgan fingerprint density at radius 3 is 2.93 bits per heavy atom. The molecule has 2 aliphatic heterocycles. The molecule has 3 heteroatoms. The summed E-state index contributed by atoms with van der Waals surface area (Å²) in [6.45, 7) is 4.20. The second kappa shape index (κ2) is 4.97. The maximum Gasteiger partial charge on any atom is 0.222 e. The molecule has 0 bridgehead atoms. The molecule has 2 unspecified atom stereocenters. The van der Waals surface area contributed by atoms with E-state index < -0.39 is 0 Å². The van der Waals surface area contributed by atoms with E-state index in [-0.39, 0.29) is 0 Å². The van der Waals surface area contributed by atoms with Crippen LogP contribution in [-0.4, -0.2) is 36.0 Å². The van der Waals surface area contributed by atoms with Gasteiger partial charge >= 0.3 is 0 Å². The Labute approximate surface area is 92.2 Å². The number of amides is 1. The van der Waals surface area contributed by atoms with Crippen molar-refractivity contribution in [2.24, 2.45) is 0 Å². The Kier molecular flexibility index (Phi) is 3.62. The van der Waals surface area contributed by atoms with Crippen molar-refractivity contribution >= 4 is 5.91 Å². The van der Waals surface area contributed by atoms with Gasteiger partial charge in [0.1, 0.15) is 0 Å². The Morgan fingerprint density at radius 1 is 1.40 bits per heavy atom. The van der Waals surface area contributed by atoms with Crippen LogP contribution < -0.4 is 5.32 Å². The average Bonchev–Trinajstić information content (AvgIpc) is 2.88. The van der Waals surface area contributed by atoms with Crippen molar-refractivity contribution < 1.29 is 4.79 Å². The van der Waals surface area contributed by atoms with Gasteiger partial charge in [-0.1, -0.05) is 6.92 Å². The zero-order valence-corrected chi connectivity index (χ0v) is 9.67. The fourth-order valence-corrected chi connectivity index (χ4v) is 2.92. The zero-order valence-electron chi connectivity index (χ0n) is 9.67. The lowest BCUT2D eigenvalue weighted by Crippen LogP contribution is -2.46. The third-order valence-corrected chi connectivity index (χ3v) is 3.65. The number of rotatable bonds is 3. The van der Waals surface area contributed by atoms with Crippen molar-refractivity contribution in [2.45, 2.75) is 57.5 Å². The molecular formula is C12H22N2O. The van der Waals surface area contributed by atoms with Crippen molar-refractivity contribution in [1.82, 2.24) is 10.2 Å². The first-order valence-electron chi connectivity index (χ1n) is 6.35. The van der Waals surface area contributed by atoms with Crippen LogP contribution in [0.2, 0.25) is 0 Å². The molecule has 2 rings (SSSR count). The fourth-order valence-electron chi connectivity index (χ4n) is 2.92. The largest absolute Gasteiger partial charge is 0.338 e. The van der Waals surface area contributed by atoms with Gasteiger partial charge in [-0.05, 0) is 38.6 Å². The predicted octanol–water partition coefficient (Wildman–Crippen LogP) is 1.53. The highest BCUT2D eigenvalue weighted by Crippen LogP contribution is 2.25. The summed E-state index contributed by atoms with van der Waals surface area (Å²) in [5.74, 6) is 0.369. The van der Waals surface area contributed by atoms with Crippen molar-refractivity contribution in [2.75, 3.05) is 13.1 Å². The first-order chi connectivity index (χ1) is 7.33. The second-order valence-electron chi connectivity index (χ2n) is 4.75. The van der Waals surface area contributed by atoms with E-state index in [1.807, 2.05) is 0 Å². The summed E-state index contributed by atoms with van der Waals surface area (Å²) in [5, 5.41) is 3.53. The van der Waals surface area contributed by atoms with E-state index in [1.165, 1.54) is 25.7 Å². The van der Waals surface area contributed by atoms with Gasteiger partial charge in [0.25, 0.3) is 0 Å². The van der Waals surface area contributed by atoms with Gasteiger partial charge in [0.05, 0.1) is 0 Å². The molecule has 0 aromatic carbocycles. The smallest absolute Gasteiger partial charge is 0.222 e. The molecule has 86 valence electrons. The maximum atomic E-state index is 11.9. The Morgan fingerprint density at radius 2 is 2.27 bits per heavy atom. The molecule has 2 aliphatic rings. The summed E-state index contributed by atoms with van der Waals surface area (Å²) in [5.41, 5.74) is 0. The molecule has 1 N–H and O–H groups in total. The molecule has 0 saturated carbocycles. The summed E-state index contributed by atoms with van der Waals surface area (Å²) >= 11 is 0. The zero-order chi connectivity index (χ0) is 10.7. The van der Waals surface area contributed by atoms with Gasteiger partial charge in [0.2, 0.25) is 5.91 Å². The molecule has 1 amide bonds. The van der Waals surface area contributed by atoms with Crippen LogP contribution >= 0.6 is 0 Å². The number of carbonyl (C=O) groups is 1. The van der Waals surface area contributed by atoms with Gasteiger partial charge in [-0.2, -0.15) is 0 Å². The number of nitrogens with zero attached hydrogens (tertiary/aromatic N) is 1. The van der Waals surface area contributed by atoms with Crippen molar-refractivity contribution in [3.63, 3.8) is 0 Å². The number of hydrogen-bond donors (Lipinski definition) is 1. The number of carbonyl (C=O) groups excluding carboxylic acids is 1. The van der Waals surface area contributed by atoms with E-state index in [9.17, 15) is 4.79 Å². The highest BCUT2D eigenvalue weighted by Gasteiger charge is 2.35. The highest BCUT2D eigenvalue weighted by molar-refractivity contribution is 5.76. The van der Waals surface area contributed by atoms with Crippen LogP contribution in [-0.2, 0) is 4.79 Å². The monoisotopic (exact) mass is 210 g/mol. The van der Waals surface area contributed by atoms with Crippen LogP contribution in [0.4, 0.5) is 0 Å². The molecular weight excluding hydrogens is 188 g/mol. The molecule has 0 aliphatic carbocycles. The predicted molar refractivity (Wildman–Crippen MR) is 60.7 cm³/mol. The van der Waals surface area contributed by atoms with Crippen molar-refractivity contribution in [1.29, 1.82) is 0 Å². The minimum absolute atomic E-state index is 0.369. The minimum Gasteiger partial charge on any atom is -0.338 e. The number of hydrogen-bond acceptors (Lipinski definition) is 2. The number of likely N-dealkylation sites (tertiary alicyclic amines) is 1. The topological polar surface area (TPSA) is 32.3 Å². The summed E-state index contributed by atoms with van der Waals surface area (Å²) in [6, 6.07) is 1.07. The van der Waals surface area contributed by atoms with Gasteiger partial charge in [0, 0.05) is 25.0 Å². The van der Waals surface area contributed by atoms with Crippen LogP contribution in [0.25, 0.3) is 0 Å². The third-order valence-electron chi connectivity index (χ3n) is 3.65. The van der Waals surface area contributed by atoms with Gasteiger partial charge in [-0.15, -0.1) is 0 Å². The molecule has 2 atom stereocenters. The van der Waals surface area contributed by atoms with Crippen LogP contribution in [0.5, 0.6) is 0 Å². The van der Waals surface area contributed by atoms with Gasteiger partial charge in [-0.25, -0.2) is 0 Å².